The minimum Gasteiger partial charge on any atom is -0.508 e. The Hall–Kier alpha value is -2.74. The number of aryl methyl sites for hydroxylation is 1. The molecule has 1 aromatic heterocycles. The quantitative estimate of drug-likeness (QED) is 0.451. The van der Waals surface area contributed by atoms with E-state index in [1.165, 1.54) is 29.1 Å². The molecule has 7 heteroatoms. The molecule has 1 unspecified atom stereocenters. The van der Waals surface area contributed by atoms with Crippen LogP contribution in [-0.4, -0.2) is 61.9 Å². The summed E-state index contributed by atoms with van der Waals surface area (Å²) in [7, 11) is 3.84. The first-order chi connectivity index (χ1) is 17.5. The first-order valence-corrected chi connectivity index (χ1v) is 13.6. The van der Waals surface area contributed by atoms with Crippen LogP contribution in [0.1, 0.15) is 28.8 Å². The smallest absolute Gasteiger partial charge is 0.165 e. The van der Waals surface area contributed by atoms with E-state index in [-0.39, 0.29) is 5.75 Å². The van der Waals surface area contributed by atoms with Gasteiger partial charge in [-0.2, -0.15) is 0 Å². The fourth-order valence-electron chi connectivity index (χ4n) is 5.19. The van der Waals surface area contributed by atoms with Crippen molar-refractivity contribution >= 4 is 11.3 Å². The molecule has 0 saturated carbocycles. The number of piperidine rings is 1. The van der Waals surface area contributed by atoms with Gasteiger partial charge in [0.05, 0.1) is 13.7 Å². The van der Waals surface area contributed by atoms with Crippen LogP contribution in [0, 0.1) is 12.8 Å². The van der Waals surface area contributed by atoms with E-state index in [9.17, 15) is 5.11 Å². The number of rotatable bonds is 7. The monoisotopic (exact) mass is 508 g/mol. The summed E-state index contributed by atoms with van der Waals surface area (Å²) >= 11 is 1.80. The van der Waals surface area contributed by atoms with Gasteiger partial charge in [-0.1, -0.05) is 0 Å². The van der Waals surface area contributed by atoms with Gasteiger partial charge in [-0.3, -0.25) is 4.90 Å². The molecule has 3 heterocycles. The predicted octanol–water partition coefficient (Wildman–Crippen LogP) is 5.55. The van der Waals surface area contributed by atoms with Crippen LogP contribution < -0.4 is 14.2 Å². The molecule has 0 aliphatic carbocycles. The van der Waals surface area contributed by atoms with Gasteiger partial charge < -0.3 is 24.2 Å². The average Bonchev–Trinajstić information content (AvgIpc) is 3.20. The fourth-order valence-corrected chi connectivity index (χ4v) is 6.04. The summed E-state index contributed by atoms with van der Waals surface area (Å²) in [6.45, 7) is 7.73. The van der Waals surface area contributed by atoms with Crippen LogP contribution in [0.4, 0.5) is 0 Å². The van der Waals surface area contributed by atoms with E-state index in [1.807, 2.05) is 6.07 Å². The van der Waals surface area contributed by atoms with Gasteiger partial charge >= 0.3 is 0 Å². The number of phenolic OH excluding ortho intramolecular Hbond substituents is 1. The lowest BCUT2D eigenvalue weighted by Gasteiger charge is -2.29. The molecule has 1 atom stereocenters. The van der Waals surface area contributed by atoms with E-state index in [2.05, 4.69) is 48.0 Å². The van der Waals surface area contributed by atoms with Crippen molar-refractivity contribution in [3.63, 3.8) is 0 Å². The maximum atomic E-state index is 10.4. The molecule has 192 valence electrons. The van der Waals surface area contributed by atoms with Gasteiger partial charge in [0.25, 0.3) is 0 Å². The molecule has 1 N–H and O–H groups in total. The first kappa shape index (κ1) is 24.9. The number of aromatic hydroxyl groups is 1. The Balaban J connectivity index is 1.42. The van der Waals surface area contributed by atoms with Crippen LogP contribution >= 0.6 is 11.3 Å². The number of ether oxygens (including phenoxy) is 3. The maximum Gasteiger partial charge on any atom is 0.165 e. The average molecular weight is 509 g/mol. The number of methoxy groups -OCH3 is 1. The van der Waals surface area contributed by atoms with Crippen LogP contribution in [-0.2, 0) is 13.1 Å². The SMILES string of the molecule is COc1ccc(O)c(CN2CCOc3c(cc(-c4ccc(C)s4)cc3OCC3CCCN(C)C3)C2)c1. The number of nitrogens with zero attached hydrogens (tertiary/aromatic N) is 2. The Morgan fingerprint density at radius 3 is 2.81 bits per heavy atom. The van der Waals surface area contributed by atoms with Crippen LogP contribution in [0.3, 0.4) is 0 Å². The molecule has 5 rings (SSSR count). The van der Waals surface area contributed by atoms with Crippen molar-refractivity contribution in [3.05, 3.63) is 58.5 Å². The topological polar surface area (TPSA) is 54.4 Å². The summed E-state index contributed by atoms with van der Waals surface area (Å²) < 4.78 is 18.2. The first-order valence-electron chi connectivity index (χ1n) is 12.7. The molecule has 1 saturated heterocycles. The second-order valence-electron chi connectivity index (χ2n) is 10.0. The molecule has 6 nitrogen and oxygen atoms in total. The van der Waals surface area contributed by atoms with Crippen molar-refractivity contribution in [2.45, 2.75) is 32.9 Å². The second-order valence-corrected chi connectivity index (χ2v) is 11.3. The highest BCUT2D eigenvalue weighted by Gasteiger charge is 2.24. The molecule has 0 bridgehead atoms. The normalized spacial score (nSPS) is 18.8. The van der Waals surface area contributed by atoms with E-state index in [0.29, 0.717) is 32.2 Å². The van der Waals surface area contributed by atoms with Crippen molar-refractivity contribution in [2.24, 2.45) is 5.92 Å². The minimum absolute atomic E-state index is 0.283. The number of fused-ring (bicyclic) bond motifs is 1. The van der Waals surface area contributed by atoms with Crippen molar-refractivity contribution < 1.29 is 19.3 Å². The van der Waals surface area contributed by atoms with Crippen LogP contribution in [0.25, 0.3) is 10.4 Å². The van der Waals surface area contributed by atoms with E-state index in [0.717, 1.165) is 47.0 Å². The molecule has 3 aromatic rings. The van der Waals surface area contributed by atoms with Crippen LogP contribution in [0.15, 0.2) is 42.5 Å². The Kier molecular flexibility index (Phi) is 7.70. The molecule has 2 aliphatic rings. The standard InChI is InChI=1S/C29H36N2O4S/c1-20-6-9-28(36-20)22-13-24-18-31(17-23-14-25(33-3)7-8-26(23)32)11-12-34-29(24)27(15-22)35-19-21-5-4-10-30(2)16-21/h6-9,13-15,21,32H,4-5,10-12,16-19H2,1-3H3. The minimum atomic E-state index is 0.283. The zero-order valence-corrected chi connectivity index (χ0v) is 22.3. The Labute approximate surface area is 218 Å². The number of likely N-dealkylation sites (tertiary alicyclic amines) is 1. The summed E-state index contributed by atoms with van der Waals surface area (Å²) in [4.78, 5) is 7.23. The molecular formula is C29H36N2O4S. The lowest BCUT2D eigenvalue weighted by atomic mass is 9.99. The van der Waals surface area contributed by atoms with Gasteiger partial charge in [0, 0.05) is 53.0 Å². The van der Waals surface area contributed by atoms with Gasteiger partial charge in [0.1, 0.15) is 18.1 Å². The van der Waals surface area contributed by atoms with Crippen molar-refractivity contribution in [3.8, 4) is 33.4 Å². The molecule has 0 amide bonds. The van der Waals surface area contributed by atoms with Crippen molar-refractivity contribution in [1.29, 1.82) is 0 Å². The van der Waals surface area contributed by atoms with E-state index in [1.54, 1.807) is 30.6 Å². The number of hydrogen-bond donors (Lipinski definition) is 1. The Morgan fingerprint density at radius 2 is 2.03 bits per heavy atom. The van der Waals surface area contributed by atoms with Gasteiger partial charge in [-0.25, -0.2) is 0 Å². The second kappa shape index (κ2) is 11.1. The summed E-state index contributed by atoms with van der Waals surface area (Å²) in [5.41, 5.74) is 3.13. The van der Waals surface area contributed by atoms with E-state index < -0.39 is 0 Å². The van der Waals surface area contributed by atoms with E-state index >= 15 is 0 Å². The number of phenols is 1. The van der Waals surface area contributed by atoms with E-state index in [4.69, 9.17) is 14.2 Å². The largest absolute Gasteiger partial charge is 0.508 e. The highest BCUT2D eigenvalue weighted by molar-refractivity contribution is 7.15. The molecule has 0 radical (unpaired) electrons. The highest BCUT2D eigenvalue weighted by atomic mass is 32.1. The third-order valence-electron chi connectivity index (χ3n) is 7.08. The lowest BCUT2D eigenvalue weighted by molar-refractivity contribution is 0.146. The number of thiophene rings is 1. The highest BCUT2D eigenvalue weighted by Crippen LogP contribution is 2.41. The molecule has 2 aromatic carbocycles. The molecule has 2 aliphatic heterocycles. The molecular weight excluding hydrogens is 472 g/mol. The summed E-state index contributed by atoms with van der Waals surface area (Å²) in [5, 5.41) is 10.4. The molecule has 1 fully saturated rings. The van der Waals surface area contributed by atoms with Crippen molar-refractivity contribution in [1.82, 2.24) is 9.80 Å². The predicted molar refractivity (Wildman–Crippen MR) is 144 cm³/mol. The Bertz CT molecular complexity index is 1190. The zero-order chi connectivity index (χ0) is 25.1. The van der Waals surface area contributed by atoms with Gasteiger partial charge in [-0.15, -0.1) is 11.3 Å². The van der Waals surface area contributed by atoms with Gasteiger partial charge in [-0.05, 0) is 81.4 Å². The number of hydrogen-bond acceptors (Lipinski definition) is 7. The maximum absolute atomic E-state index is 10.4. The van der Waals surface area contributed by atoms with Gasteiger partial charge in [0.15, 0.2) is 11.5 Å². The fraction of sp³-hybridized carbons (Fsp3) is 0.448. The van der Waals surface area contributed by atoms with Crippen molar-refractivity contribution in [2.75, 3.05) is 47.0 Å². The van der Waals surface area contributed by atoms with Crippen LogP contribution in [0.5, 0.6) is 23.0 Å². The summed E-state index contributed by atoms with van der Waals surface area (Å²) in [6, 6.07) is 14.1. The Morgan fingerprint density at radius 1 is 1.14 bits per heavy atom. The third-order valence-corrected chi connectivity index (χ3v) is 8.13. The molecule has 36 heavy (non-hydrogen) atoms. The summed E-state index contributed by atoms with van der Waals surface area (Å²) in [5.74, 6) is 3.26. The zero-order valence-electron chi connectivity index (χ0n) is 21.5. The number of benzene rings is 2. The third kappa shape index (κ3) is 5.80. The van der Waals surface area contributed by atoms with Crippen LogP contribution in [0.2, 0.25) is 0 Å². The summed E-state index contributed by atoms with van der Waals surface area (Å²) in [6.07, 6.45) is 2.43. The molecule has 0 spiro atoms. The van der Waals surface area contributed by atoms with Gasteiger partial charge in [0.2, 0.25) is 0 Å². The lowest BCUT2D eigenvalue weighted by Crippen LogP contribution is -2.34.